The van der Waals surface area contributed by atoms with Crippen molar-refractivity contribution in [1.82, 2.24) is 0 Å². The van der Waals surface area contributed by atoms with E-state index in [4.69, 9.17) is 0 Å². The molecule has 1 heteroatoms. The van der Waals surface area contributed by atoms with E-state index in [2.05, 4.69) is 55.0 Å². The van der Waals surface area contributed by atoms with Crippen LogP contribution < -0.4 is 0 Å². The lowest BCUT2D eigenvalue weighted by atomic mass is 9.56. The zero-order valence-electron chi connectivity index (χ0n) is 14.6. The van der Waals surface area contributed by atoms with Gasteiger partial charge in [-0.1, -0.05) is 80.7 Å². The Balaban J connectivity index is 1.72. The van der Waals surface area contributed by atoms with Crippen molar-refractivity contribution in [3.63, 3.8) is 0 Å². The third-order valence-corrected chi connectivity index (χ3v) is 6.59. The SMILES string of the molecule is OC1(C2(c3ccccc3CC3CCCCC3)C=C[CH]C=C2)CCC1. The summed E-state index contributed by atoms with van der Waals surface area (Å²) in [7, 11) is 0. The molecule has 1 radical (unpaired) electrons. The molecule has 0 bridgehead atoms. The Kier molecular flexibility index (Phi) is 4.39. The van der Waals surface area contributed by atoms with Crippen molar-refractivity contribution in [2.75, 3.05) is 0 Å². The molecular formula is C23H29O. The molecule has 4 rings (SSSR count). The van der Waals surface area contributed by atoms with Crippen LogP contribution in [0.1, 0.15) is 62.5 Å². The van der Waals surface area contributed by atoms with Crippen LogP contribution in [0.2, 0.25) is 0 Å². The van der Waals surface area contributed by atoms with Crippen molar-refractivity contribution >= 4 is 0 Å². The van der Waals surface area contributed by atoms with Gasteiger partial charge in [0.2, 0.25) is 0 Å². The number of benzene rings is 1. The second-order valence-corrected chi connectivity index (χ2v) is 8.03. The van der Waals surface area contributed by atoms with Gasteiger partial charge in [-0.25, -0.2) is 0 Å². The van der Waals surface area contributed by atoms with Gasteiger partial charge < -0.3 is 5.11 Å². The van der Waals surface area contributed by atoms with Crippen molar-refractivity contribution < 1.29 is 5.11 Å². The molecule has 0 heterocycles. The summed E-state index contributed by atoms with van der Waals surface area (Å²) in [5.41, 5.74) is 1.82. The minimum absolute atomic E-state index is 0.342. The Morgan fingerprint density at radius 3 is 2.29 bits per heavy atom. The first kappa shape index (κ1) is 16.1. The van der Waals surface area contributed by atoms with Crippen molar-refractivity contribution in [3.8, 4) is 0 Å². The van der Waals surface area contributed by atoms with E-state index in [9.17, 15) is 5.11 Å². The first-order valence-corrected chi connectivity index (χ1v) is 9.75. The Morgan fingerprint density at radius 1 is 0.917 bits per heavy atom. The molecule has 24 heavy (non-hydrogen) atoms. The van der Waals surface area contributed by atoms with Gasteiger partial charge in [0.25, 0.3) is 0 Å². The molecule has 0 saturated heterocycles. The zero-order chi connectivity index (χ0) is 16.5. The minimum Gasteiger partial charge on any atom is -0.388 e. The van der Waals surface area contributed by atoms with E-state index in [0.29, 0.717) is 0 Å². The van der Waals surface area contributed by atoms with Crippen molar-refractivity contribution in [3.05, 3.63) is 66.1 Å². The molecule has 2 fully saturated rings. The summed E-state index contributed by atoms with van der Waals surface area (Å²) in [5.74, 6) is 0.816. The minimum atomic E-state index is -0.614. The largest absolute Gasteiger partial charge is 0.388 e. The lowest BCUT2D eigenvalue weighted by molar-refractivity contribution is -0.0703. The van der Waals surface area contributed by atoms with Gasteiger partial charge in [-0.2, -0.15) is 0 Å². The van der Waals surface area contributed by atoms with E-state index in [1.807, 2.05) is 0 Å². The van der Waals surface area contributed by atoms with Gasteiger partial charge in [-0.3, -0.25) is 0 Å². The number of aliphatic hydroxyl groups is 1. The summed E-state index contributed by atoms with van der Waals surface area (Å²) in [6.07, 6.45) is 21.8. The van der Waals surface area contributed by atoms with Gasteiger partial charge in [-0.15, -0.1) is 0 Å². The maximum atomic E-state index is 11.4. The summed E-state index contributed by atoms with van der Waals surface area (Å²) in [4.78, 5) is 0. The van der Waals surface area contributed by atoms with Gasteiger partial charge in [0.05, 0.1) is 11.0 Å². The van der Waals surface area contributed by atoms with Gasteiger partial charge in [-0.05, 0) is 42.7 Å². The molecule has 1 aromatic carbocycles. The van der Waals surface area contributed by atoms with Crippen LogP contribution in [0, 0.1) is 12.3 Å². The summed E-state index contributed by atoms with van der Waals surface area (Å²) in [6, 6.07) is 8.87. The van der Waals surface area contributed by atoms with Crippen molar-refractivity contribution in [1.29, 1.82) is 0 Å². The standard InChI is InChI=1S/C23H29O/c24-23(16-9-17-23)22(14-7-2-8-15-22)21-13-6-5-12-20(21)18-19-10-3-1-4-11-19/h2,5-8,12-15,19,24H,1,3-4,9-11,16-18H2. The molecule has 0 atom stereocenters. The highest BCUT2D eigenvalue weighted by Crippen LogP contribution is 2.52. The lowest BCUT2D eigenvalue weighted by Crippen LogP contribution is -2.55. The zero-order valence-corrected chi connectivity index (χ0v) is 14.6. The number of rotatable bonds is 4. The summed E-state index contributed by atoms with van der Waals surface area (Å²) in [5, 5.41) is 11.4. The third kappa shape index (κ3) is 2.67. The van der Waals surface area contributed by atoms with Crippen LogP contribution in [0.5, 0.6) is 0 Å². The number of hydrogen-bond acceptors (Lipinski definition) is 1. The molecule has 0 spiro atoms. The topological polar surface area (TPSA) is 20.2 Å². The molecular weight excluding hydrogens is 292 g/mol. The fourth-order valence-corrected chi connectivity index (χ4v) is 5.00. The molecule has 0 unspecified atom stereocenters. The molecule has 0 amide bonds. The van der Waals surface area contributed by atoms with Crippen LogP contribution in [0.15, 0.2) is 48.6 Å². The quantitative estimate of drug-likeness (QED) is 0.798. The summed E-state index contributed by atoms with van der Waals surface area (Å²) >= 11 is 0. The van der Waals surface area contributed by atoms with Crippen molar-refractivity contribution in [2.45, 2.75) is 68.8 Å². The molecule has 0 aliphatic heterocycles. The fraction of sp³-hybridized carbons (Fsp3) is 0.522. The van der Waals surface area contributed by atoms with E-state index >= 15 is 0 Å². The molecule has 127 valence electrons. The van der Waals surface area contributed by atoms with Crippen LogP contribution in [0.3, 0.4) is 0 Å². The highest BCUT2D eigenvalue weighted by Gasteiger charge is 2.52. The monoisotopic (exact) mass is 321 g/mol. The normalized spacial score (nSPS) is 25.4. The van der Waals surface area contributed by atoms with Crippen LogP contribution >= 0.6 is 0 Å². The molecule has 0 aromatic heterocycles. The Hall–Kier alpha value is -1.34. The predicted octanol–water partition coefficient (Wildman–Crippen LogP) is 5.29. The number of hydrogen-bond donors (Lipinski definition) is 1. The fourth-order valence-electron chi connectivity index (χ4n) is 5.00. The van der Waals surface area contributed by atoms with Crippen LogP contribution in [0.25, 0.3) is 0 Å². The van der Waals surface area contributed by atoms with Gasteiger partial charge >= 0.3 is 0 Å². The van der Waals surface area contributed by atoms with Gasteiger partial charge in [0.15, 0.2) is 0 Å². The highest BCUT2D eigenvalue weighted by molar-refractivity contribution is 5.50. The smallest absolute Gasteiger partial charge is 0.0813 e. The van der Waals surface area contributed by atoms with E-state index < -0.39 is 5.60 Å². The maximum Gasteiger partial charge on any atom is 0.0813 e. The van der Waals surface area contributed by atoms with E-state index in [0.717, 1.165) is 25.2 Å². The first-order valence-electron chi connectivity index (χ1n) is 9.75. The second kappa shape index (κ2) is 6.52. The average molecular weight is 321 g/mol. The molecule has 1 N–H and O–H groups in total. The Labute approximate surface area is 146 Å². The van der Waals surface area contributed by atoms with Crippen LogP contribution in [-0.2, 0) is 11.8 Å². The molecule has 1 nitrogen and oxygen atoms in total. The molecule has 2 saturated carbocycles. The first-order chi connectivity index (χ1) is 11.7. The second-order valence-electron chi connectivity index (χ2n) is 8.03. The summed E-state index contributed by atoms with van der Waals surface area (Å²) in [6.45, 7) is 0. The Bertz CT molecular complexity index is 617. The van der Waals surface area contributed by atoms with Crippen molar-refractivity contribution in [2.24, 2.45) is 5.92 Å². The van der Waals surface area contributed by atoms with Gasteiger partial charge in [0.1, 0.15) is 0 Å². The van der Waals surface area contributed by atoms with Crippen LogP contribution in [-0.4, -0.2) is 10.7 Å². The summed E-state index contributed by atoms with van der Waals surface area (Å²) < 4.78 is 0. The van der Waals surface area contributed by atoms with Crippen LogP contribution in [0.4, 0.5) is 0 Å². The van der Waals surface area contributed by atoms with E-state index in [1.165, 1.54) is 49.7 Å². The molecule has 3 aliphatic rings. The third-order valence-electron chi connectivity index (χ3n) is 6.59. The predicted molar refractivity (Wildman–Crippen MR) is 99.8 cm³/mol. The van der Waals surface area contributed by atoms with Gasteiger partial charge in [0, 0.05) is 6.42 Å². The molecule has 1 aromatic rings. The average Bonchev–Trinajstić information content (AvgIpc) is 2.61. The number of allylic oxidation sites excluding steroid dienone is 2. The van der Waals surface area contributed by atoms with E-state index in [-0.39, 0.29) is 5.41 Å². The lowest BCUT2D eigenvalue weighted by Gasteiger charge is -2.51. The molecule has 3 aliphatic carbocycles. The highest BCUT2D eigenvalue weighted by atomic mass is 16.3. The Morgan fingerprint density at radius 2 is 1.62 bits per heavy atom. The maximum absolute atomic E-state index is 11.4. The van der Waals surface area contributed by atoms with E-state index in [1.54, 1.807) is 0 Å².